The number of halogens is 3. The van der Waals surface area contributed by atoms with Gasteiger partial charge in [-0.15, -0.1) is 0 Å². The van der Waals surface area contributed by atoms with E-state index in [0.717, 1.165) is 30.8 Å². The second-order valence-electron chi connectivity index (χ2n) is 4.98. The molecule has 2 aromatic rings. The van der Waals surface area contributed by atoms with Crippen molar-refractivity contribution in [3.63, 3.8) is 0 Å². The highest BCUT2D eigenvalue weighted by molar-refractivity contribution is 5.44. The molecule has 0 bridgehead atoms. The first-order valence-electron chi connectivity index (χ1n) is 7.03. The van der Waals surface area contributed by atoms with E-state index in [-0.39, 0.29) is 0 Å². The molecule has 118 valence electrons. The van der Waals surface area contributed by atoms with Crippen molar-refractivity contribution >= 4 is 5.69 Å². The lowest BCUT2D eigenvalue weighted by molar-refractivity contribution is -0.137. The van der Waals surface area contributed by atoms with E-state index in [9.17, 15) is 13.2 Å². The van der Waals surface area contributed by atoms with Crippen LogP contribution in [-0.2, 0) is 6.18 Å². The van der Waals surface area contributed by atoms with Crippen molar-refractivity contribution in [1.82, 2.24) is 0 Å². The van der Waals surface area contributed by atoms with Crippen molar-refractivity contribution in [2.45, 2.75) is 12.6 Å². The predicted molar refractivity (Wildman–Crippen MR) is 81.3 cm³/mol. The number of anilines is 1. The molecule has 0 aliphatic heterocycles. The van der Waals surface area contributed by atoms with Gasteiger partial charge in [0.2, 0.25) is 0 Å². The van der Waals surface area contributed by atoms with Gasteiger partial charge in [-0.3, -0.25) is 0 Å². The van der Waals surface area contributed by atoms with E-state index in [0.29, 0.717) is 12.4 Å². The summed E-state index contributed by atoms with van der Waals surface area (Å²) in [7, 11) is 1.99. The van der Waals surface area contributed by atoms with E-state index in [1.54, 1.807) is 0 Å². The molecule has 0 aromatic heterocycles. The Morgan fingerprint density at radius 1 is 0.955 bits per heavy atom. The average Bonchev–Trinajstić information content (AvgIpc) is 2.52. The van der Waals surface area contributed by atoms with Gasteiger partial charge in [0.05, 0.1) is 12.2 Å². The summed E-state index contributed by atoms with van der Waals surface area (Å²) in [4.78, 5) is 2.11. The topological polar surface area (TPSA) is 12.5 Å². The first kappa shape index (κ1) is 16.2. The zero-order chi connectivity index (χ0) is 16.0. The zero-order valence-electron chi connectivity index (χ0n) is 12.3. The Morgan fingerprint density at radius 2 is 1.59 bits per heavy atom. The number of hydrogen-bond donors (Lipinski definition) is 0. The van der Waals surface area contributed by atoms with Gasteiger partial charge in [0.25, 0.3) is 0 Å². The van der Waals surface area contributed by atoms with Gasteiger partial charge in [0, 0.05) is 19.3 Å². The fourth-order valence-corrected chi connectivity index (χ4v) is 2.04. The van der Waals surface area contributed by atoms with Gasteiger partial charge in [-0.1, -0.05) is 18.2 Å². The highest BCUT2D eigenvalue weighted by atomic mass is 19.4. The summed E-state index contributed by atoms with van der Waals surface area (Å²) < 4.78 is 42.8. The number of rotatable bonds is 6. The molecule has 0 heterocycles. The van der Waals surface area contributed by atoms with Gasteiger partial charge in [-0.05, 0) is 42.8 Å². The van der Waals surface area contributed by atoms with Crippen molar-refractivity contribution in [3.05, 3.63) is 60.2 Å². The predicted octanol–water partition coefficient (Wildman–Crippen LogP) is 4.61. The Hall–Kier alpha value is -2.17. The average molecular weight is 309 g/mol. The Balaban J connectivity index is 1.75. The maximum Gasteiger partial charge on any atom is 0.416 e. The zero-order valence-corrected chi connectivity index (χ0v) is 12.3. The molecule has 2 nitrogen and oxygen atoms in total. The highest BCUT2D eigenvalue weighted by Gasteiger charge is 2.29. The molecule has 0 spiro atoms. The molecular formula is C17H18F3NO. The van der Waals surface area contributed by atoms with Crippen molar-refractivity contribution < 1.29 is 17.9 Å². The fourth-order valence-electron chi connectivity index (χ4n) is 2.04. The van der Waals surface area contributed by atoms with E-state index >= 15 is 0 Å². The summed E-state index contributed by atoms with van der Waals surface area (Å²) >= 11 is 0. The molecule has 0 aliphatic carbocycles. The molecule has 0 saturated heterocycles. The number of nitrogens with zero attached hydrogens (tertiary/aromatic N) is 1. The third-order valence-electron chi connectivity index (χ3n) is 3.29. The van der Waals surface area contributed by atoms with Crippen LogP contribution in [0.2, 0.25) is 0 Å². The number of benzene rings is 2. The monoisotopic (exact) mass is 309 g/mol. The van der Waals surface area contributed by atoms with Crippen LogP contribution in [0, 0.1) is 0 Å². The molecule has 5 heteroatoms. The molecule has 0 N–H and O–H groups in total. The molecule has 0 atom stereocenters. The minimum atomic E-state index is -4.31. The van der Waals surface area contributed by atoms with Crippen LogP contribution in [0.25, 0.3) is 0 Å². The van der Waals surface area contributed by atoms with E-state index in [2.05, 4.69) is 4.90 Å². The van der Waals surface area contributed by atoms with E-state index in [1.807, 2.05) is 37.4 Å². The first-order chi connectivity index (χ1) is 10.5. The van der Waals surface area contributed by atoms with Crippen LogP contribution >= 0.6 is 0 Å². The molecule has 0 amide bonds. The lowest BCUT2D eigenvalue weighted by Gasteiger charge is -2.19. The minimum absolute atomic E-state index is 0.454. The molecule has 2 aromatic carbocycles. The van der Waals surface area contributed by atoms with Crippen LogP contribution in [0.4, 0.5) is 18.9 Å². The number of hydrogen-bond acceptors (Lipinski definition) is 2. The summed E-state index contributed by atoms with van der Waals surface area (Å²) in [5.41, 5.74) is 0.459. The van der Waals surface area contributed by atoms with Crippen molar-refractivity contribution in [2.24, 2.45) is 0 Å². The molecule has 0 fully saturated rings. The number of alkyl halides is 3. The van der Waals surface area contributed by atoms with Gasteiger partial charge in [0.1, 0.15) is 5.75 Å². The molecule has 2 rings (SSSR count). The lowest BCUT2D eigenvalue weighted by atomic mass is 10.2. The lowest BCUT2D eigenvalue weighted by Crippen LogP contribution is -2.20. The normalized spacial score (nSPS) is 11.3. The summed E-state index contributed by atoms with van der Waals surface area (Å²) in [5.74, 6) is 0.454. The standard InChI is InChI=1S/C17H18F3NO/c1-21(15-6-3-2-4-7-15)12-5-13-22-16-10-8-14(9-11-16)17(18,19)20/h2-4,6-11H,5,12-13H2,1H3. The van der Waals surface area contributed by atoms with Gasteiger partial charge < -0.3 is 9.64 Å². The molecule has 22 heavy (non-hydrogen) atoms. The first-order valence-corrected chi connectivity index (χ1v) is 7.03. The number of ether oxygens (including phenoxy) is 1. The Morgan fingerprint density at radius 3 is 2.18 bits per heavy atom. The van der Waals surface area contributed by atoms with Crippen LogP contribution in [0.3, 0.4) is 0 Å². The van der Waals surface area contributed by atoms with Crippen molar-refractivity contribution in [3.8, 4) is 5.75 Å². The fraction of sp³-hybridized carbons (Fsp3) is 0.294. The molecule has 0 saturated carbocycles. The maximum atomic E-state index is 12.4. The molecule has 0 aliphatic rings. The van der Waals surface area contributed by atoms with Crippen LogP contribution in [0.5, 0.6) is 5.75 Å². The van der Waals surface area contributed by atoms with Crippen LogP contribution in [0.1, 0.15) is 12.0 Å². The molecule has 0 unspecified atom stereocenters. The van der Waals surface area contributed by atoms with E-state index in [4.69, 9.17) is 4.74 Å². The van der Waals surface area contributed by atoms with Gasteiger partial charge in [-0.25, -0.2) is 0 Å². The summed E-state index contributed by atoms with van der Waals surface area (Å²) in [6, 6.07) is 14.7. The Bertz CT molecular complexity index is 567. The third-order valence-corrected chi connectivity index (χ3v) is 3.29. The van der Waals surface area contributed by atoms with Crippen LogP contribution < -0.4 is 9.64 Å². The summed E-state index contributed by atoms with van der Waals surface area (Å²) in [6.45, 7) is 1.27. The maximum absolute atomic E-state index is 12.4. The molecule has 0 radical (unpaired) electrons. The summed E-state index contributed by atoms with van der Waals surface area (Å²) in [5, 5.41) is 0. The third kappa shape index (κ3) is 4.69. The molecular weight excluding hydrogens is 291 g/mol. The smallest absolute Gasteiger partial charge is 0.416 e. The quantitative estimate of drug-likeness (QED) is 0.722. The second-order valence-corrected chi connectivity index (χ2v) is 4.98. The van der Waals surface area contributed by atoms with Crippen LogP contribution in [-0.4, -0.2) is 20.2 Å². The Labute approximate surface area is 128 Å². The van der Waals surface area contributed by atoms with Gasteiger partial charge in [0.15, 0.2) is 0 Å². The SMILES string of the molecule is CN(CCCOc1ccc(C(F)(F)F)cc1)c1ccccc1. The highest BCUT2D eigenvalue weighted by Crippen LogP contribution is 2.30. The van der Waals surface area contributed by atoms with Gasteiger partial charge in [-0.2, -0.15) is 13.2 Å². The van der Waals surface area contributed by atoms with Crippen molar-refractivity contribution in [1.29, 1.82) is 0 Å². The number of para-hydroxylation sites is 1. The van der Waals surface area contributed by atoms with Crippen LogP contribution in [0.15, 0.2) is 54.6 Å². The minimum Gasteiger partial charge on any atom is -0.494 e. The Kier molecular flexibility index (Phi) is 5.31. The van der Waals surface area contributed by atoms with E-state index in [1.165, 1.54) is 12.1 Å². The van der Waals surface area contributed by atoms with Gasteiger partial charge >= 0.3 is 6.18 Å². The van der Waals surface area contributed by atoms with E-state index < -0.39 is 11.7 Å². The largest absolute Gasteiger partial charge is 0.494 e. The second kappa shape index (κ2) is 7.20. The summed E-state index contributed by atoms with van der Waals surface area (Å²) in [6.07, 6.45) is -3.52. The van der Waals surface area contributed by atoms with Crippen molar-refractivity contribution in [2.75, 3.05) is 25.1 Å².